The van der Waals surface area contributed by atoms with Gasteiger partial charge in [0.25, 0.3) is 0 Å². The lowest BCUT2D eigenvalue weighted by atomic mass is 10.1. The van der Waals surface area contributed by atoms with E-state index in [2.05, 4.69) is 15.3 Å². The van der Waals surface area contributed by atoms with Gasteiger partial charge in [-0.25, -0.2) is 14.4 Å². The molecule has 2 aromatic rings. The number of ether oxygens (including phenoxy) is 1. The number of hydrogen-bond acceptors (Lipinski definition) is 5. The maximum Gasteiger partial charge on any atom is 0.165 e. The molecule has 1 N–H and O–H groups in total. The average Bonchev–Trinajstić information content (AvgIpc) is 3.38. The van der Waals surface area contributed by atoms with E-state index >= 15 is 0 Å². The molecule has 1 atom stereocenters. The van der Waals surface area contributed by atoms with Crippen molar-refractivity contribution < 1.29 is 9.13 Å². The molecule has 1 heterocycles. The minimum Gasteiger partial charge on any atom is -0.490 e. The molecule has 0 bridgehead atoms. The number of hydrogen-bond donors (Lipinski definition) is 1. The predicted molar refractivity (Wildman–Crippen MR) is 83.4 cm³/mol. The van der Waals surface area contributed by atoms with Crippen molar-refractivity contribution in [1.82, 2.24) is 9.97 Å². The molecule has 1 aromatic carbocycles. The number of benzene rings is 1. The van der Waals surface area contributed by atoms with Crippen molar-refractivity contribution in [3.05, 3.63) is 47.7 Å². The van der Waals surface area contributed by atoms with Crippen LogP contribution in [0.1, 0.15) is 37.1 Å². The molecule has 3 rings (SSSR count). The van der Waals surface area contributed by atoms with Crippen LogP contribution >= 0.6 is 0 Å². The number of halogens is 1. The van der Waals surface area contributed by atoms with Gasteiger partial charge in [-0.3, -0.25) is 0 Å². The first-order chi connectivity index (χ1) is 11.2. The molecule has 23 heavy (non-hydrogen) atoms. The average molecular weight is 312 g/mol. The van der Waals surface area contributed by atoms with Crippen LogP contribution in [-0.4, -0.2) is 16.6 Å². The van der Waals surface area contributed by atoms with E-state index in [1.807, 2.05) is 19.1 Å². The lowest BCUT2D eigenvalue weighted by molar-refractivity contribution is 0.285. The van der Waals surface area contributed by atoms with Crippen molar-refractivity contribution in [2.75, 3.05) is 11.9 Å². The molecule has 0 amide bonds. The molecular formula is C17H17FN4O. The monoisotopic (exact) mass is 312 g/mol. The fraction of sp³-hybridized carbons (Fsp3) is 0.353. The maximum absolute atomic E-state index is 14.1. The highest BCUT2D eigenvalue weighted by Crippen LogP contribution is 2.31. The molecule has 0 radical (unpaired) electrons. The Labute approximate surface area is 134 Å². The van der Waals surface area contributed by atoms with Crippen LogP contribution < -0.4 is 10.1 Å². The minimum absolute atomic E-state index is 0.149. The van der Waals surface area contributed by atoms with Crippen LogP contribution in [-0.2, 0) is 0 Å². The third-order valence-electron chi connectivity index (χ3n) is 3.76. The van der Waals surface area contributed by atoms with Gasteiger partial charge in [-0.05, 0) is 43.4 Å². The Kier molecular flexibility index (Phi) is 4.38. The summed E-state index contributed by atoms with van der Waals surface area (Å²) in [6.07, 6.45) is 5.22. The van der Waals surface area contributed by atoms with Crippen molar-refractivity contribution in [2.45, 2.75) is 25.8 Å². The normalized spacial score (nSPS) is 14.8. The second-order valence-corrected chi connectivity index (χ2v) is 5.71. The molecule has 1 fully saturated rings. The van der Waals surface area contributed by atoms with Crippen molar-refractivity contribution in [3.63, 3.8) is 0 Å². The zero-order valence-electron chi connectivity index (χ0n) is 12.8. The van der Waals surface area contributed by atoms with Crippen molar-refractivity contribution in [1.29, 1.82) is 5.26 Å². The third kappa shape index (κ3) is 3.95. The Morgan fingerprint density at radius 2 is 2.22 bits per heavy atom. The summed E-state index contributed by atoms with van der Waals surface area (Å²) in [7, 11) is 0. The van der Waals surface area contributed by atoms with Crippen molar-refractivity contribution in [3.8, 4) is 11.8 Å². The highest BCUT2D eigenvalue weighted by molar-refractivity contribution is 5.39. The second-order valence-electron chi connectivity index (χ2n) is 5.71. The summed E-state index contributed by atoms with van der Waals surface area (Å²) in [6, 6.07) is 6.73. The summed E-state index contributed by atoms with van der Waals surface area (Å²) in [5, 5.41) is 11.8. The summed E-state index contributed by atoms with van der Waals surface area (Å²) < 4.78 is 19.6. The van der Waals surface area contributed by atoms with Crippen LogP contribution in [0.2, 0.25) is 0 Å². The quantitative estimate of drug-likeness (QED) is 0.884. The highest BCUT2D eigenvalue weighted by atomic mass is 19.1. The Morgan fingerprint density at radius 3 is 2.83 bits per heavy atom. The first-order valence-corrected chi connectivity index (χ1v) is 7.56. The van der Waals surface area contributed by atoms with E-state index < -0.39 is 0 Å². The van der Waals surface area contributed by atoms with E-state index in [1.54, 1.807) is 6.07 Å². The zero-order chi connectivity index (χ0) is 16.2. The van der Waals surface area contributed by atoms with E-state index in [0.29, 0.717) is 24.1 Å². The summed E-state index contributed by atoms with van der Waals surface area (Å²) in [5.74, 6) is 1.06. The van der Waals surface area contributed by atoms with Gasteiger partial charge in [-0.2, -0.15) is 5.26 Å². The third-order valence-corrected chi connectivity index (χ3v) is 3.76. The topological polar surface area (TPSA) is 70.8 Å². The molecule has 0 aliphatic heterocycles. The Bertz CT molecular complexity index is 722. The first-order valence-electron chi connectivity index (χ1n) is 7.56. The summed E-state index contributed by atoms with van der Waals surface area (Å²) in [4.78, 5) is 8.04. The fourth-order valence-electron chi connectivity index (χ4n) is 2.16. The van der Waals surface area contributed by atoms with Crippen molar-refractivity contribution in [2.24, 2.45) is 5.92 Å². The van der Waals surface area contributed by atoms with E-state index in [4.69, 9.17) is 10.00 Å². The first kappa shape index (κ1) is 15.2. The lowest BCUT2D eigenvalue weighted by Crippen LogP contribution is -2.09. The van der Waals surface area contributed by atoms with Gasteiger partial charge in [0.05, 0.1) is 25.0 Å². The van der Waals surface area contributed by atoms with Gasteiger partial charge < -0.3 is 10.1 Å². The van der Waals surface area contributed by atoms with Gasteiger partial charge >= 0.3 is 0 Å². The van der Waals surface area contributed by atoms with Crippen LogP contribution in [0.4, 0.5) is 10.2 Å². The molecule has 1 aliphatic carbocycles. The molecule has 5 nitrogen and oxygen atoms in total. The number of anilines is 1. The maximum atomic E-state index is 14.1. The molecule has 1 aliphatic rings. The molecule has 0 unspecified atom stereocenters. The van der Waals surface area contributed by atoms with E-state index in [1.165, 1.54) is 31.3 Å². The molecule has 1 saturated carbocycles. The predicted octanol–water partition coefficient (Wildman–Crippen LogP) is 3.45. The molecule has 0 saturated heterocycles. The molecule has 118 valence electrons. The smallest absolute Gasteiger partial charge is 0.165 e. The lowest BCUT2D eigenvalue weighted by Gasteiger charge is -2.16. The Morgan fingerprint density at radius 1 is 1.39 bits per heavy atom. The van der Waals surface area contributed by atoms with Gasteiger partial charge in [-0.15, -0.1) is 0 Å². The van der Waals surface area contributed by atoms with Crippen LogP contribution in [0, 0.1) is 23.1 Å². The van der Waals surface area contributed by atoms with Gasteiger partial charge in [0.1, 0.15) is 11.9 Å². The largest absolute Gasteiger partial charge is 0.490 e. The van der Waals surface area contributed by atoms with E-state index in [9.17, 15) is 4.39 Å². The number of nitriles is 1. The van der Waals surface area contributed by atoms with Crippen LogP contribution in [0.25, 0.3) is 0 Å². The Balaban J connectivity index is 1.64. The van der Waals surface area contributed by atoms with Crippen molar-refractivity contribution >= 4 is 5.82 Å². The fourth-order valence-corrected chi connectivity index (χ4v) is 2.16. The van der Waals surface area contributed by atoms with Crippen LogP contribution in [0.15, 0.2) is 30.6 Å². The zero-order valence-corrected chi connectivity index (χ0v) is 12.8. The SMILES string of the molecule is C[C@H](Nc1cnc(C#N)cn1)c1ccc(OCC2CC2)c(F)c1. The molecule has 6 heteroatoms. The number of aromatic nitrogens is 2. The van der Waals surface area contributed by atoms with E-state index in [0.717, 1.165) is 5.56 Å². The van der Waals surface area contributed by atoms with E-state index in [-0.39, 0.29) is 17.6 Å². The summed E-state index contributed by atoms with van der Waals surface area (Å²) >= 11 is 0. The molecule has 1 aromatic heterocycles. The van der Waals surface area contributed by atoms with Crippen LogP contribution in [0.3, 0.4) is 0 Å². The van der Waals surface area contributed by atoms with Gasteiger partial charge in [-0.1, -0.05) is 6.07 Å². The summed E-state index contributed by atoms with van der Waals surface area (Å²) in [5.41, 5.74) is 1.04. The van der Waals surface area contributed by atoms with Gasteiger partial charge in [0, 0.05) is 0 Å². The standard InChI is InChI=1S/C17H17FN4O/c1-11(22-17-9-20-14(7-19)8-21-17)13-4-5-16(15(18)6-13)23-10-12-2-3-12/h4-6,8-9,11-12H,2-3,10H2,1H3,(H,21,22)/t11-/m0/s1. The highest BCUT2D eigenvalue weighted by Gasteiger charge is 2.22. The minimum atomic E-state index is -0.359. The van der Waals surface area contributed by atoms with Crippen LogP contribution in [0.5, 0.6) is 5.75 Å². The molecular weight excluding hydrogens is 295 g/mol. The Hall–Kier alpha value is -2.68. The summed E-state index contributed by atoms with van der Waals surface area (Å²) in [6.45, 7) is 2.49. The number of nitrogens with one attached hydrogen (secondary N) is 1. The number of nitrogens with zero attached hydrogens (tertiary/aromatic N) is 3. The van der Waals surface area contributed by atoms with Gasteiger partial charge in [0.15, 0.2) is 17.3 Å². The van der Waals surface area contributed by atoms with Gasteiger partial charge in [0.2, 0.25) is 0 Å². The molecule has 0 spiro atoms. The second kappa shape index (κ2) is 6.61. The number of rotatable bonds is 6.